The Bertz CT molecular complexity index is 1060. The number of aromatic nitrogens is 3. The Morgan fingerprint density at radius 3 is 2.53 bits per heavy atom. The first-order valence-corrected chi connectivity index (χ1v) is 10.7. The first-order valence-electron chi connectivity index (χ1n) is 9.64. The molecule has 1 atom stereocenters. The number of carbonyl (C=O) groups is 1. The molecule has 0 aliphatic heterocycles. The number of nitrogens with one attached hydrogen (secondary N) is 2. The van der Waals surface area contributed by atoms with Gasteiger partial charge >= 0.3 is 0 Å². The van der Waals surface area contributed by atoms with Crippen molar-refractivity contribution < 1.29 is 4.79 Å². The molecular weight excluding hydrogens is 396 g/mol. The van der Waals surface area contributed by atoms with E-state index in [1.165, 1.54) is 11.8 Å². The van der Waals surface area contributed by atoms with Gasteiger partial charge in [-0.25, -0.2) is 0 Å². The molecule has 3 rings (SSSR count). The van der Waals surface area contributed by atoms with Crippen molar-refractivity contribution in [2.45, 2.75) is 38.7 Å². The van der Waals surface area contributed by atoms with E-state index in [1.54, 1.807) is 0 Å². The molecule has 4 N–H and O–H groups in total. The molecule has 7 nitrogen and oxygen atoms in total. The van der Waals surface area contributed by atoms with E-state index in [-0.39, 0.29) is 17.1 Å². The third-order valence-electron chi connectivity index (χ3n) is 4.57. The minimum absolute atomic E-state index is 0.0611. The van der Waals surface area contributed by atoms with Gasteiger partial charge in [0.25, 0.3) is 0 Å². The zero-order chi connectivity index (χ0) is 21.7. The standard InChI is InChI=1S/C22H26N6OS/c1-13-9-10-15(3)18(11-13)24-20(29)16(4)30-12-19-26-21(23)28-22(27-19)25-17-8-6-5-7-14(17)2/h5-11,16H,12H2,1-4H3,(H,24,29)(H3,23,25,26,27,28). The third-order valence-corrected chi connectivity index (χ3v) is 5.71. The molecule has 3 aromatic rings. The zero-order valence-electron chi connectivity index (χ0n) is 17.6. The average Bonchev–Trinajstić information content (AvgIpc) is 2.70. The molecule has 1 unspecified atom stereocenters. The van der Waals surface area contributed by atoms with E-state index < -0.39 is 0 Å². The second kappa shape index (κ2) is 9.58. The lowest BCUT2D eigenvalue weighted by Crippen LogP contribution is -2.23. The molecule has 0 aliphatic carbocycles. The van der Waals surface area contributed by atoms with E-state index in [0.717, 1.165) is 28.1 Å². The monoisotopic (exact) mass is 422 g/mol. The number of para-hydroxylation sites is 1. The molecule has 156 valence electrons. The van der Waals surface area contributed by atoms with Crippen LogP contribution < -0.4 is 16.4 Å². The van der Waals surface area contributed by atoms with Crippen LogP contribution in [0, 0.1) is 20.8 Å². The fourth-order valence-electron chi connectivity index (χ4n) is 2.77. The number of nitrogens with zero attached hydrogens (tertiary/aromatic N) is 3. The minimum Gasteiger partial charge on any atom is -0.368 e. The van der Waals surface area contributed by atoms with E-state index in [1.807, 2.05) is 70.2 Å². The summed E-state index contributed by atoms with van der Waals surface area (Å²) in [6.07, 6.45) is 0. The molecular formula is C22H26N6OS. The Hall–Kier alpha value is -3.13. The van der Waals surface area contributed by atoms with Gasteiger partial charge in [-0.3, -0.25) is 4.79 Å². The Morgan fingerprint density at radius 2 is 1.77 bits per heavy atom. The maximum atomic E-state index is 12.6. The largest absolute Gasteiger partial charge is 0.368 e. The number of amides is 1. The lowest BCUT2D eigenvalue weighted by Gasteiger charge is -2.14. The van der Waals surface area contributed by atoms with Crippen molar-refractivity contribution in [1.82, 2.24) is 15.0 Å². The van der Waals surface area contributed by atoms with Gasteiger partial charge in [0.1, 0.15) is 5.82 Å². The number of hydrogen-bond donors (Lipinski definition) is 3. The fourth-order valence-corrected chi connectivity index (χ4v) is 3.51. The first kappa shape index (κ1) is 21.6. The number of hydrogen-bond acceptors (Lipinski definition) is 7. The van der Waals surface area contributed by atoms with Crippen LogP contribution in [0.2, 0.25) is 0 Å². The number of aryl methyl sites for hydroxylation is 3. The summed E-state index contributed by atoms with van der Waals surface area (Å²) in [5.41, 5.74) is 10.8. The molecule has 0 aliphatic rings. The summed E-state index contributed by atoms with van der Waals surface area (Å²) in [6.45, 7) is 7.84. The van der Waals surface area contributed by atoms with Gasteiger partial charge in [-0.05, 0) is 56.5 Å². The molecule has 1 aromatic heterocycles. The van der Waals surface area contributed by atoms with Crippen LogP contribution in [0.15, 0.2) is 42.5 Å². The van der Waals surface area contributed by atoms with Crippen LogP contribution in [0.5, 0.6) is 0 Å². The van der Waals surface area contributed by atoms with Crippen LogP contribution in [-0.2, 0) is 10.5 Å². The van der Waals surface area contributed by atoms with Crippen LogP contribution in [0.25, 0.3) is 0 Å². The lowest BCUT2D eigenvalue weighted by molar-refractivity contribution is -0.115. The normalized spacial score (nSPS) is 11.7. The second-order valence-corrected chi connectivity index (χ2v) is 8.46. The highest BCUT2D eigenvalue weighted by molar-refractivity contribution is 7.99. The molecule has 1 amide bonds. The lowest BCUT2D eigenvalue weighted by atomic mass is 10.1. The van der Waals surface area contributed by atoms with Gasteiger partial charge in [0, 0.05) is 11.4 Å². The number of nitrogens with two attached hydrogens (primary N) is 1. The SMILES string of the molecule is Cc1ccc(C)c(NC(=O)C(C)SCc2nc(N)nc(Nc3ccccc3C)n2)c1. The molecule has 0 bridgehead atoms. The predicted molar refractivity (Wildman–Crippen MR) is 124 cm³/mol. The molecule has 1 heterocycles. The average molecular weight is 423 g/mol. The van der Waals surface area contributed by atoms with Crippen molar-refractivity contribution in [2.75, 3.05) is 16.4 Å². The van der Waals surface area contributed by atoms with Gasteiger partial charge < -0.3 is 16.4 Å². The Morgan fingerprint density at radius 1 is 1.03 bits per heavy atom. The number of rotatable bonds is 7. The first-order chi connectivity index (χ1) is 14.3. The van der Waals surface area contributed by atoms with Gasteiger partial charge in [0.05, 0.1) is 11.0 Å². The molecule has 2 aromatic carbocycles. The maximum Gasteiger partial charge on any atom is 0.237 e. The highest BCUT2D eigenvalue weighted by Crippen LogP contribution is 2.22. The number of thioether (sulfide) groups is 1. The summed E-state index contributed by atoms with van der Waals surface area (Å²) >= 11 is 1.45. The molecule has 0 spiro atoms. The smallest absolute Gasteiger partial charge is 0.237 e. The highest BCUT2D eigenvalue weighted by Gasteiger charge is 2.16. The highest BCUT2D eigenvalue weighted by atomic mass is 32.2. The molecule has 8 heteroatoms. The zero-order valence-corrected chi connectivity index (χ0v) is 18.4. The van der Waals surface area contributed by atoms with Crippen molar-refractivity contribution in [3.63, 3.8) is 0 Å². The Labute approximate surface area is 180 Å². The van der Waals surface area contributed by atoms with E-state index in [4.69, 9.17) is 5.73 Å². The number of anilines is 4. The summed E-state index contributed by atoms with van der Waals surface area (Å²) in [5.74, 6) is 1.43. The van der Waals surface area contributed by atoms with E-state index in [0.29, 0.717) is 17.5 Å². The summed E-state index contributed by atoms with van der Waals surface area (Å²) in [6, 6.07) is 13.8. The topological polar surface area (TPSA) is 106 Å². The molecule has 30 heavy (non-hydrogen) atoms. The number of carbonyl (C=O) groups excluding carboxylic acids is 1. The van der Waals surface area contributed by atoms with Crippen LogP contribution in [0.1, 0.15) is 29.4 Å². The maximum absolute atomic E-state index is 12.6. The van der Waals surface area contributed by atoms with Crippen LogP contribution >= 0.6 is 11.8 Å². The Balaban J connectivity index is 1.63. The molecule has 0 saturated heterocycles. The van der Waals surface area contributed by atoms with Gasteiger partial charge in [-0.1, -0.05) is 30.3 Å². The molecule has 0 fully saturated rings. The van der Waals surface area contributed by atoms with Gasteiger partial charge in [0.2, 0.25) is 17.8 Å². The summed E-state index contributed by atoms with van der Waals surface area (Å²) in [4.78, 5) is 25.4. The second-order valence-electron chi connectivity index (χ2n) is 7.13. The summed E-state index contributed by atoms with van der Waals surface area (Å²) in [7, 11) is 0. The number of benzene rings is 2. The fraction of sp³-hybridized carbons (Fsp3) is 0.273. The Kier molecular flexibility index (Phi) is 6.89. The quantitative estimate of drug-likeness (QED) is 0.519. The molecule has 0 saturated carbocycles. The van der Waals surface area contributed by atoms with Crippen molar-refractivity contribution >= 4 is 40.9 Å². The van der Waals surface area contributed by atoms with Crippen LogP contribution in [0.3, 0.4) is 0 Å². The van der Waals surface area contributed by atoms with Gasteiger partial charge in [-0.2, -0.15) is 15.0 Å². The van der Waals surface area contributed by atoms with Crippen LogP contribution in [-0.4, -0.2) is 26.1 Å². The van der Waals surface area contributed by atoms with E-state index >= 15 is 0 Å². The van der Waals surface area contributed by atoms with Gasteiger partial charge in [0.15, 0.2) is 0 Å². The van der Waals surface area contributed by atoms with Crippen molar-refractivity contribution in [2.24, 2.45) is 0 Å². The predicted octanol–water partition coefficient (Wildman–Crippen LogP) is 4.38. The van der Waals surface area contributed by atoms with Crippen LogP contribution in [0.4, 0.5) is 23.3 Å². The summed E-state index contributed by atoms with van der Waals surface area (Å²) < 4.78 is 0. The van der Waals surface area contributed by atoms with Gasteiger partial charge in [-0.15, -0.1) is 11.8 Å². The van der Waals surface area contributed by atoms with Crippen molar-refractivity contribution in [3.05, 3.63) is 65.0 Å². The van der Waals surface area contributed by atoms with E-state index in [9.17, 15) is 4.79 Å². The van der Waals surface area contributed by atoms with Crippen molar-refractivity contribution in [1.29, 1.82) is 0 Å². The number of nitrogen functional groups attached to an aromatic ring is 1. The van der Waals surface area contributed by atoms with E-state index in [2.05, 4.69) is 25.6 Å². The van der Waals surface area contributed by atoms with Crippen molar-refractivity contribution in [3.8, 4) is 0 Å². The summed E-state index contributed by atoms with van der Waals surface area (Å²) in [5, 5.41) is 5.89. The molecule has 0 radical (unpaired) electrons. The third kappa shape index (κ3) is 5.70. The minimum atomic E-state index is -0.282.